The van der Waals surface area contributed by atoms with Crippen LogP contribution in [0.3, 0.4) is 0 Å². The van der Waals surface area contributed by atoms with Gasteiger partial charge in [-0.25, -0.2) is 0 Å². The van der Waals surface area contributed by atoms with E-state index < -0.39 is 6.04 Å². The quantitative estimate of drug-likeness (QED) is 0.725. The lowest BCUT2D eigenvalue weighted by Crippen LogP contribution is -2.46. The summed E-state index contributed by atoms with van der Waals surface area (Å²) in [5.41, 5.74) is 3.46. The Kier molecular flexibility index (Phi) is 6.75. The standard InChI is InChI=1S/C27H34N4O3/c1-18-5-7-19(8-6-18)23-16-24(32)29-21-15-20(26(34)30-13-11-28-12-14-30)9-10-22(21)31(23)25(33)17-27(2,3)4/h5-10,15,23,28H,11-14,16-17H2,1-4H3,(H,29,32). The first-order valence-corrected chi connectivity index (χ1v) is 11.9. The Hall–Kier alpha value is -3.19. The van der Waals surface area contributed by atoms with E-state index in [-0.39, 0.29) is 29.6 Å². The molecule has 2 aromatic rings. The SMILES string of the molecule is Cc1ccc(C2CC(=O)Nc3cc(C(=O)N4CCNCC4)ccc3N2C(=O)CC(C)(C)C)cc1. The lowest BCUT2D eigenvalue weighted by atomic mass is 9.90. The number of nitrogens with one attached hydrogen (secondary N) is 2. The number of aryl methyl sites for hydroxylation is 1. The van der Waals surface area contributed by atoms with Gasteiger partial charge in [0.2, 0.25) is 11.8 Å². The van der Waals surface area contributed by atoms with Crippen molar-refractivity contribution in [3.05, 3.63) is 59.2 Å². The number of rotatable bonds is 3. The van der Waals surface area contributed by atoms with Gasteiger partial charge in [-0.1, -0.05) is 50.6 Å². The van der Waals surface area contributed by atoms with E-state index in [2.05, 4.69) is 10.6 Å². The molecule has 1 unspecified atom stereocenters. The molecule has 7 heteroatoms. The average molecular weight is 463 g/mol. The second-order valence-electron chi connectivity index (χ2n) is 10.5. The van der Waals surface area contributed by atoms with E-state index in [9.17, 15) is 14.4 Å². The highest BCUT2D eigenvalue weighted by atomic mass is 16.2. The summed E-state index contributed by atoms with van der Waals surface area (Å²) in [5.74, 6) is -0.285. The van der Waals surface area contributed by atoms with Gasteiger partial charge in [-0.2, -0.15) is 0 Å². The van der Waals surface area contributed by atoms with E-state index in [1.807, 2.05) is 56.9 Å². The topological polar surface area (TPSA) is 81.8 Å². The summed E-state index contributed by atoms with van der Waals surface area (Å²) >= 11 is 0. The third-order valence-corrected chi connectivity index (χ3v) is 6.28. The molecule has 1 atom stereocenters. The fourth-order valence-corrected chi connectivity index (χ4v) is 4.57. The maximum Gasteiger partial charge on any atom is 0.254 e. The van der Waals surface area contributed by atoms with Gasteiger partial charge in [0.25, 0.3) is 5.91 Å². The van der Waals surface area contributed by atoms with Crippen molar-refractivity contribution in [3.8, 4) is 0 Å². The fourth-order valence-electron chi connectivity index (χ4n) is 4.57. The molecule has 0 bridgehead atoms. The van der Waals surface area contributed by atoms with E-state index in [1.54, 1.807) is 23.1 Å². The summed E-state index contributed by atoms with van der Waals surface area (Å²) in [6.45, 7) is 10.9. The van der Waals surface area contributed by atoms with E-state index in [1.165, 1.54) is 0 Å². The summed E-state index contributed by atoms with van der Waals surface area (Å²) in [6.07, 6.45) is 0.485. The largest absolute Gasteiger partial charge is 0.336 e. The van der Waals surface area contributed by atoms with Crippen molar-refractivity contribution in [3.63, 3.8) is 0 Å². The van der Waals surface area contributed by atoms with Gasteiger partial charge >= 0.3 is 0 Å². The number of hydrogen-bond acceptors (Lipinski definition) is 4. The van der Waals surface area contributed by atoms with Crippen molar-refractivity contribution >= 4 is 29.1 Å². The molecule has 1 fully saturated rings. The van der Waals surface area contributed by atoms with Crippen LogP contribution in [0.4, 0.5) is 11.4 Å². The summed E-state index contributed by atoms with van der Waals surface area (Å²) in [4.78, 5) is 43.3. The number of amides is 3. The van der Waals surface area contributed by atoms with Gasteiger partial charge in [-0.3, -0.25) is 14.4 Å². The molecule has 0 aromatic heterocycles. The molecule has 180 valence electrons. The Morgan fingerprint density at radius 2 is 1.71 bits per heavy atom. The summed E-state index contributed by atoms with van der Waals surface area (Å²) < 4.78 is 0. The average Bonchev–Trinajstić information content (AvgIpc) is 2.93. The number of piperazine rings is 1. The first-order valence-electron chi connectivity index (χ1n) is 11.9. The Morgan fingerprint density at radius 3 is 2.35 bits per heavy atom. The molecule has 34 heavy (non-hydrogen) atoms. The van der Waals surface area contributed by atoms with Crippen molar-refractivity contribution in [2.45, 2.75) is 46.6 Å². The molecule has 2 N–H and O–H groups in total. The van der Waals surface area contributed by atoms with Crippen LogP contribution in [0.15, 0.2) is 42.5 Å². The number of hydrogen-bond donors (Lipinski definition) is 2. The van der Waals surface area contributed by atoms with E-state index in [4.69, 9.17) is 0 Å². The predicted octanol–water partition coefficient (Wildman–Crippen LogP) is 3.89. The molecule has 3 amide bonds. The van der Waals surface area contributed by atoms with Crippen molar-refractivity contribution in [1.29, 1.82) is 0 Å². The van der Waals surface area contributed by atoms with Gasteiger partial charge < -0.3 is 20.4 Å². The number of nitrogens with zero attached hydrogens (tertiary/aromatic N) is 2. The van der Waals surface area contributed by atoms with Gasteiger partial charge in [-0.15, -0.1) is 0 Å². The van der Waals surface area contributed by atoms with Crippen LogP contribution in [0.1, 0.15) is 61.1 Å². The van der Waals surface area contributed by atoms with Crippen molar-refractivity contribution in [2.24, 2.45) is 5.41 Å². The maximum atomic E-state index is 13.7. The molecule has 0 spiro atoms. The minimum atomic E-state index is -0.425. The Morgan fingerprint density at radius 1 is 1.03 bits per heavy atom. The lowest BCUT2D eigenvalue weighted by molar-refractivity contribution is -0.121. The fraction of sp³-hybridized carbons (Fsp3) is 0.444. The zero-order valence-corrected chi connectivity index (χ0v) is 20.5. The highest BCUT2D eigenvalue weighted by molar-refractivity contribution is 6.06. The Balaban J connectivity index is 1.76. The summed E-state index contributed by atoms with van der Waals surface area (Å²) in [7, 11) is 0. The Bertz CT molecular complexity index is 1080. The Labute approximate surface area is 201 Å². The van der Waals surface area contributed by atoms with E-state index in [0.717, 1.165) is 24.2 Å². The molecular formula is C27H34N4O3. The molecule has 2 aromatic carbocycles. The summed E-state index contributed by atoms with van der Waals surface area (Å²) in [6, 6.07) is 12.8. The molecule has 0 aliphatic carbocycles. The zero-order chi connectivity index (χ0) is 24.5. The molecule has 0 saturated carbocycles. The monoisotopic (exact) mass is 462 g/mol. The minimum Gasteiger partial charge on any atom is -0.336 e. The molecule has 1 saturated heterocycles. The second-order valence-corrected chi connectivity index (χ2v) is 10.5. The normalized spacial score (nSPS) is 18.7. The van der Waals surface area contributed by atoms with Crippen LogP contribution in [-0.4, -0.2) is 48.8 Å². The van der Waals surface area contributed by atoms with Gasteiger partial charge in [0.1, 0.15) is 0 Å². The molecule has 4 rings (SSSR count). The van der Waals surface area contributed by atoms with Gasteiger partial charge in [-0.05, 0) is 36.1 Å². The molecule has 2 aliphatic heterocycles. The first kappa shape index (κ1) is 24.0. The third-order valence-electron chi connectivity index (χ3n) is 6.28. The van der Waals surface area contributed by atoms with E-state index in [0.29, 0.717) is 36.4 Å². The van der Waals surface area contributed by atoms with Crippen molar-refractivity contribution in [1.82, 2.24) is 10.2 Å². The first-order chi connectivity index (χ1) is 16.1. The maximum absolute atomic E-state index is 13.7. The predicted molar refractivity (Wildman–Crippen MR) is 134 cm³/mol. The third kappa shape index (κ3) is 5.30. The van der Waals surface area contributed by atoms with Gasteiger partial charge in [0.15, 0.2) is 0 Å². The second kappa shape index (κ2) is 9.58. The number of benzene rings is 2. The van der Waals surface area contributed by atoms with Crippen LogP contribution in [0.25, 0.3) is 0 Å². The minimum absolute atomic E-state index is 0.0444. The molecule has 7 nitrogen and oxygen atoms in total. The van der Waals surface area contributed by atoms with Gasteiger partial charge in [0.05, 0.1) is 23.8 Å². The smallest absolute Gasteiger partial charge is 0.254 e. The molecule has 0 radical (unpaired) electrons. The van der Waals surface area contributed by atoms with Crippen LogP contribution in [0.5, 0.6) is 0 Å². The number of fused-ring (bicyclic) bond motifs is 1. The molecular weight excluding hydrogens is 428 g/mol. The van der Waals surface area contributed by atoms with Crippen molar-refractivity contribution in [2.75, 3.05) is 36.4 Å². The van der Waals surface area contributed by atoms with Gasteiger partial charge in [0, 0.05) is 38.2 Å². The van der Waals surface area contributed by atoms with Crippen LogP contribution in [0.2, 0.25) is 0 Å². The van der Waals surface area contributed by atoms with Crippen LogP contribution >= 0.6 is 0 Å². The zero-order valence-electron chi connectivity index (χ0n) is 20.5. The lowest BCUT2D eigenvalue weighted by Gasteiger charge is -2.33. The van der Waals surface area contributed by atoms with Crippen molar-refractivity contribution < 1.29 is 14.4 Å². The number of anilines is 2. The van der Waals surface area contributed by atoms with Crippen LogP contribution in [-0.2, 0) is 9.59 Å². The van der Waals surface area contributed by atoms with Crippen LogP contribution < -0.4 is 15.5 Å². The molecule has 2 heterocycles. The molecule has 2 aliphatic rings. The summed E-state index contributed by atoms with van der Waals surface area (Å²) in [5, 5.41) is 6.21. The van der Waals surface area contributed by atoms with Crippen LogP contribution in [0, 0.1) is 12.3 Å². The number of carbonyl (C=O) groups is 3. The van der Waals surface area contributed by atoms with E-state index >= 15 is 0 Å². The highest BCUT2D eigenvalue weighted by Crippen LogP contribution is 2.40. The number of carbonyl (C=O) groups excluding carboxylic acids is 3. The highest BCUT2D eigenvalue weighted by Gasteiger charge is 2.35.